The minimum absolute atomic E-state index is 0.652. The van der Waals surface area contributed by atoms with Crippen molar-refractivity contribution in [2.24, 2.45) is 0 Å². The van der Waals surface area contributed by atoms with Gasteiger partial charge in [-0.05, 0) is 61.8 Å². The molecule has 1 saturated heterocycles. The van der Waals surface area contributed by atoms with Crippen LogP contribution in [-0.4, -0.2) is 66.3 Å². The summed E-state index contributed by atoms with van der Waals surface area (Å²) in [6.45, 7) is 3.92. The topological polar surface area (TPSA) is 108 Å². The van der Waals surface area contributed by atoms with Crippen molar-refractivity contribution in [2.75, 3.05) is 26.2 Å². The Morgan fingerprint density at radius 1 is 0.868 bits per heavy atom. The van der Waals surface area contributed by atoms with E-state index in [0.717, 1.165) is 81.1 Å². The summed E-state index contributed by atoms with van der Waals surface area (Å²) in [5.74, 6) is 0.751. The molecule has 9 nitrogen and oxygen atoms in total. The fourth-order valence-corrected chi connectivity index (χ4v) is 5.14. The third-order valence-corrected chi connectivity index (χ3v) is 7.09. The van der Waals surface area contributed by atoms with E-state index >= 15 is 0 Å². The fourth-order valence-electron chi connectivity index (χ4n) is 5.14. The van der Waals surface area contributed by atoms with Crippen LogP contribution in [0.25, 0.3) is 55.7 Å². The highest BCUT2D eigenvalue weighted by atomic mass is 16.5. The number of rotatable bonds is 7. The summed E-state index contributed by atoms with van der Waals surface area (Å²) in [6, 6.07) is 12.1. The number of aromatic nitrogens is 7. The van der Waals surface area contributed by atoms with E-state index in [9.17, 15) is 0 Å². The maximum Gasteiger partial charge on any atom is 0.138 e. The molecule has 2 N–H and O–H groups in total. The molecular formula is C29H26N8O. The van der Waals surface area contributed by atoms with Crippen LogP contribution in [0.4, 0.5) is 0 Å². The normalized spacial score (nSPS) is 14.0. The molecule has 1 fully saturated rings. The first-order valence-corrected chi connectivity index (χ1v) is 12.8. The van der Waals surface area contributed by atoms with Gasteiger partial charge in [0.15, 0.2) is 0 Å². The van der Waals surface area contributed by atoms with Crippen LogP contribution < -0.4 is 4.74 Å². The molecular weight excluding hydrogens is 476 g/mol. The summed E-state index contributed by atoms with van der Waals surface area (Å²) < 4.78 is 6.01. The highest BCUT2D eigenvalue weighted by Gasteiger charge is 2.16. The maximum absolute atomic E-state index is 6.01. The summed E-state index contributed by atoms with van der Waals surface area (Å²) in [5, 5.41) is 9.71. The molecule has 1 aliphatic rings. The lowest BCUT2D eigenvalue weighted by Crippen LogP contribution is -2.25. The van der Waals surface area contributed by atoms with E-state index in [1.54, 1.807) is 12.4 Å². The standard InChI is InChI=1S/C29H26N8O/c1-2-9-37(8-1)10-11-38-21-12-20(16-31-17-21)25-14-24-27(18-33-25)35-36-28(24)26-13-23-22(5-7-32-29(23)34-26)19-4-3-6-30-15-19/h3-7,12-18H,1-2,8-11H2,(H,32,34)(H,35,36). The molecule has 0 unspecified atom stereocenters. The summed E-state index contributed by atoms with van der Waals surface area (Å²) >= 11 is 0. The van der Waals surface area contributed by atoms with Crippen LogP contribution in [0.5, 0.6) is 5.75 Å². The van der Waals surface area contributed by atoms with Crippen molar-refractivity contribution in [2.45, 2.75) is 12.8 Å². The zero-order valence-corrected chi connectivity index (χ0v) is 20.8. The Hall–Kier alpha value is -4.63. The van der Waals surface area contributed by atoms with E-state index < -0.39 is 0 Å². The van der Waals surface area contributed by atoms with Crippen LogP contribution in [0.15, 0.2) is 73.6 Å². The minimum atomic E-state index is 0.652. The van der Waals surface area contributed by atoms with Gasteiger partial charge in [0.1, 0.15) is 23.7 Å². The third-order valence-electron chi connectivity index (χ3n) is 7.09. The van der Waals surface area contributed by atoms with Gasteiger partial charge < -0.3 is 9.72 Å². The van der Waals surface area contributed by atoms with Crippen LogP contribution >= 0.6 is 0 Å². The zero-order valence-electron chi connectivity index (χ0n) is 20.8. The molecule has 38 heavy (non-hydrogen) atoms. The number of nitrogens with one attached hydrogen (secondary N) is 2. The number of fused-ring (bicyclic) bond motifs is 2. The molecule has 0 aliphatic carbocycles. The maximum atomic E-state index is 6.01. The van der Waals surface area contributed by atoms with Crippen molar-refractivity contribution in [3.05, 3.63) is 73.6 Å². The van der Waals surface area contributed by atoms with Crippen molar-refractivity contribution in [3.8, 4) is 39.5 Å². The second-order valence-electron chi connectivity index (χ2n) is 9.54. The Bertz CT molecular complexity index is 1720. The molecule has 0 bridgehead atoms. The van der Waals surface area contributed by atoms with E-state index in [1.165, 1.54) is 12.8 Å². The third kappa shape index (κ3) is 4.26. The van der Waals surface area contributed by atoms with Gasteiger partial charge in [0.25, 0.3) is 0 Å². The second kappa shape index (κ2) is 9.68. The zero-order chi connectivity index (χ0) is 25.3. The average Bonchev–Trinajstić information content (AvgIpc) is 3.73. The summed E-state index contributed by atoms with van der Waals surface area (Å²) in [6.07, 6.45) is 13.4. The molecule has 188 valence electrons. The van der Waals surface area contributed by atoms with Gasteiger partial charge in [0, 0.05) is 53.2 Å². The van der Waals surface area contributed by atoms with Crippen LogP contribution in [0.1, 0.15) is 12.8 Å². The Morgan fingerprint density at radius 2 is 1.79 bits per heavy atom. The first-order valence-electron chi connectivity index (χ1n) is 12.8. The molecule has 6 aromatic rings. The second-order valence-corrected chi connectivity index (χ2v) is 9.54. The van der Waals surface area contributed by atoms with Crippen LogP contribution in [0, 0.1) is 0 Å². The number of pyridine rings is 4. The van der Waals surface area contributed by atoms with Gasteiger partial charge >= 0.3 is 0 Å². The van der Waals surface area contributed by atoms with Crippen molar-refractivity contribution < 1.29 is 4.74 Å². The largest absolute Gasteiger partial charge is 0.491 e. The highest BCUT2D eigenvalue weighted by Crippen LogP contribution is 2.34. The lowest BCUT2D eigenvalue weighted by molar-refractivity contribution is 0.237. The number of aromatic amines is 2. The van der Waals surface area contributed by atoms with Gasteiger partial charge in [-0.1, -0.05) is 6.07 Å². The molecule has 6 aromatic heterocycles. The number of H-pyrrole nitrogens is 2. The SMILES string of the molecule is c1cncc(-c2ccnc3[nH]c(-c4n[nH]c5cnc(-c6cncc(OCCN7CCCC7)c6)cc45)cc23)c1. The highest BCUT2D eigenvalue weighted by molar-refractivity contribution is 6.00. The van der Waals surface area contributed by atoms with E-state index in [0.29, 0.717) is 6.61 Å². The lowest BCUT2D eigenvalue weighted by atomic mass is 10.1. The smallest absolute Gasteiger partial charge is 0.138 e. The Balaban J connectivity index is 1.20. The molecule has 7 rings (SSSR count). The quantitative estimate of drug-likeness (QED) is 0.313. The van der Waals surface area contributed by atoms with Gasteiger partial charge in [-0.3, -0.25) is 25.0 Å². The summed E-state index contributed by atoms with van der Waals surface area (Å²) in [5.41, 5.74) is 7.16. The molecule has 9 heteroatoms. The Labute approximate surface area is 219 Å². The van der Waals surface area contributed by atoms with E-state index in [2.05, 4.69) is 52.1 Å². The monoisotopic (exact) mass is 502 g/mol. The van der Waals surface area contributed by atoms with E-state index in [4.69, 9.17) is 4.74 Å². The number of nitrogens with zero attached hydrogens (tertiary/aromatic N) is 6. The summed E-state index contributed by atoms with van der Waals surface area (Å²) in [4.78, 5) is 23.8. The van der Waals surface area contributed by atoms with Crippen LogP contribution in [-0.2, 0) is 0 Å². The number of hydrogen-bond acceptors (Lipinski definition) is 7. The van der Waals surface area contributed by atoms with Gasteiger partial charge in [-0.15, -0.1) is 0 Å². The van der Waals surface area contributed by atoms with Gasteiger partial charge in [0.2, 0.25) is 0 Å². The number of likely N-dealkylation sites (tertiary alicyclic amines) is 1. The predicted octanol–water partition coefficient (Wildman–Crippen LogP) is 5.10. The van der Waals surface area contributed by atoms with Crippen molar-refractivity contribution in [1.82, 2.24) is 40.0 Å². The summed E-state index contributed by atoms with van der Waals surface area (Å²) in [7, 11) is 0. The number of ether oxygens (including phenoxy) is 1. The molecule has 1 aliphatic heterocycles. The lowest BCUT2D eigenvalue weighted by Gasteiger charge is -2.15. The first kappa shape index (κ1) is 22.6. The Morgan fingerprint density at radius 3 is 2.68 bits per heavy atom. The molecule has 0 aromatic carbocycles. The van der Waals surface area contributed by atoms with Crippen molar-refractivity contribution >= 4 is 21.9 Å². The van der Waals surface area contributed by atoms with Gasteiger partial charge in [0.05, 0.1) is 29.3 Å². The fraction of sp³-hybridized carbons (Fsp3) is 0.207. The first-order chi connectivity index (χ1) is 18.8. The number of hydrogen-bond donors (Lipinski definition) is 2. The molecule has 0 spiro atoms. The van der Waals surface area contributed by atoms with Crippen LogP contribution in [0.3, 0.4) is 0 Å². The molecule has 0 atom stereocenters. The minimum Gasteiger partial charge on any atom is -0.491 e. The van der Waals surface area contributed by atoms with Gasteiger partial charge in [-0.2, -0.15) is 5.10 Å². The molecule has 0 saturated carbocycles. The average molecular weight is 503 g/mol. The molecule has 7 heterocycles. The van der Waals surface area contributed by atoms with E-state index in [-0.39, 0.29) is 0 Å². The Kier molecular flexibility index (Phi) is 5.75. The van der Waals surface area contributed by atoms with Crippen molar-refractivity contribution in [1.29, 1.82) is 0 Å². The van der Waals surface area contributed by atoms with Crippen LogP contribution in [0.2, 0.25) is 0 Å². The van der Waals surface area contributed by atoms with E-state index in [1.807, 2.05) is 49.1 Å². The van der Waals surface area contributed by atoms with Gasteiger partial charge in [-0.25, -0.2) is 4.98 Å². The predicted molar refractivity (Wildman–Crippen MR) is 147 cm³/mol. The molecule has 0 amide bonds. The molecule has 0 radical (unpaired) electrons. The van der Waals surface area contributed by atoms with Crippen molar-refractivity contribution in [3.63, 3.8) is 0 Å².